The van der Waals surface area contributed by atoms with Crippen molar-refractivity contribution in [1.29, 1.82) is 0 Å². The minimum atomic E-state index is -4.41. The van der Waals surface area contributed by atoms with Crippen molar-refractivity contribution in [3.05, 3.63) is 23.5 Å². The van der Waals surface area contributed by atoms with Crippen LogP contribution in [0.5, 0.6) is 5.75 Å². The van der Waals surface area contributed by atoms with Crippen LogP contribution < -0.4 is 4.74 Å². The Morgan fingerprint density at radius 1 is 1.33 bits per heavy atom. The van der Waals surface area contributed by atoms with Gasteiger partial charge in [0.05, 0.1) is 13.3 Å². The standard InChI is InChI=1S/C10H12F3NO/c1-6(2)7-4-9(10(11,12)13)14-5-8(7)15-3/h4-6H,1-3H3. The minimum Gasteiger partial charge on any atom is -0.495 e. The van der Waals surface area contributed by atoms with E-state index < -0.39 is 11.9 Å². The minimum absolute atomic E-state index is 0.0379. The van der Waals surface area contributed by atoms with Crippen molar-refractivity contribution in [3.8, 4) is 5.75 Å². The Balaban J connectivity index is 3.22. The second-order valence-electron chi connectivity index (χ2n) is 3.46. The van der Waals surface area contributed by atoms with Crippen LogP contribution in [0.25, 0.3) is 0 Å². The molecule has 0 saturated heterocycles. The number of alkyl halides is 3. The Kier molecular flexibility index (Phi) is 3.21. The van der Waals surface area contributed by atoms with Gasteiger partial charge >= 0.3 is 6.18 Å². The van der Waals surface area contributed by atoms with Crippen molar-refractivity contribution in [2.45, 2.75) is 25.9 Å². The van der Waals surface area contributed by atoms with Gasteiger partial charge in [-0.2, -0.15) is 13.2 Å². The third-order valence-electron chi connectivity index (χ3n) is 2.03. The van der Waals surface area contributed by atoms with Crippen LogP contribution in [0, 0.1) is 0 Å². The number of hydrogen-bond acceptors (Lipinski definition) is 2. The van der Waals surface area contributed by atoms with Gasteiger partial charge in [-0.25, -0.2) is 4.98 Å². The molecule has 0 unspecified atom stereocenters. The van der Waals surface area contributed by atoms with E-state index in [9.17, 15) is 13.2 Å². The maximum atomic E-state index is 12.4. The van der Waals surface area contributed by atoms with Crippen molar-refractivity contribution >= 4 is 0 Å². The van der Waals surface area contributed by atoms with E-state index in [2.05, 4.69) is 4.98 Å². The molecule has 1 rings (SSSR count). The summed E-state index contributed by atoms with van der Waals surface area (Å²) >= 11 is 0. The summed E-state index contributed by atoms with van der Waals surface area (Å²) in [6, 6.07) is 1.03. The summed E-state index contributed by atoms with van der Waals surface area (Å²) in [6.45, 7) is 3.61. The molecule has 0 saturated carbocycles. The van der Waals surface area contributed by atoms with Crippen molar-refractivity contribution in [1.82, 2.24) is 4.98 Å². The molecule has 1 aromatic heterocycles. The second-order valence-corrected chi connectivity index (χ2v) is 3.46. The van der Waals surface area contributed by atoms with E-state index in [1.165, 1.54) is 7.11 Å². The van der Waals surface area contributed by atoms with E-state index in [1.807, 2.05) is 0 Å². The molecule has 15 heavy (non-hydrogen) atoms. The molecule has 0 aliphatic carbocycles. The van der Waals surface area contributed by atoms with Gasteiger partial charge in [-0.3, -0.25) is 0 Å². The maximum Gasteiger partial charge on any atom is 0.433 e. The normalized spacial score (nSPS) is 11.9. The molecule has 0 bridgehead atoms. The van der Waals surface area contributed by atoms with Crippen molar-refractivity contribution in [2.75, 3.05) is 7.11 Å². The summed E-state index contributed by atoms with van der Waals surface area (Å²) in [6.07, 6.45) is -3.30. The highest BCUT2D eigenvalue weighted by molar-refractivity contribution is 5.35. The number of pyridine rings is 1. The number of nitrogens with zero attached hydrogens (tertiary/aromatic N) is 1. The molecular weight excluding hydrogens is 207 g/mol. The fourth-order valence-electron chi connectivity index (χ4n) is 1.24. The highest BCUT2D eigenvalue weighted by atomic mass is 19.4. The largest absolute Gasteiger partial charge is 0.495 e. The Hall–Kier alpha value is -1.26. The van der Waals surface area contributed by atoms with Gasteiger partial charge < -0.3 is 4.74 Å². The second kappa shape index (κ2) is 4.08. The van der Waals surface area contributed by atoms with Crippen molar-refractivity contribution < 1.29 is 17.9 Å². The van der Waals surface area contributed by atoms with Gasteiger partial charge in [-0.15, -0.1) is 0 Å². The van der Waals surface area contributed by atoms with Crippen LogP contribution in [0.1, 0.15) is 31.0 Å². The summed E-state index contributed by atoms with van der Waals surface area (Å²) in [4.78, 5) is 3.31. The third-order valence-corrected chi connectivity index (χ3v) is 2.03. The quantitative estimate of drug-likeness (QED) is 0.761. The highest BCUT2D eigenvalue weighted by Crippen LogP contribution is 2.33. The Morgan fingerprint density at radius 2 is 1.93 bits per heavy atom. The molecule has 0 aromatic carbocycles. The van der Waals surface area contributed by atoms with E-state index in [-0.39, 0.29) is 5.92 Å². The van der Waals surface area contributed by atoms with E-state index in [0.29, 0.717) is 11.3 Å². The number of ether oxygens (including phenoxy) is 1. The first-order chi connectivity index (χ1) is 6.86. The topological polar surface area (TPSA) is 22.1 Å². The molecule has 2 nitrogen and oxygen atoms in total. The number of hydrogen-bond donors (Lipinski definition) is 0. The molecule has 0 aliphatic heterocycles. The molecule has 0 spiro atoms. The van der Waals surface area contributed by atoms with Crippen molar-refractivity contribution in [2.24, 2.45) is 0 Å². The first-order valence-electron chi connectivity index (χ1n) is 4.47. The van der Waals surface area contributed by atoms with E-state index in [4.69, 9.17) is 4.74 Å². The van der Waals surface area contributed by atoms with Crippen LogP contribution in [0.4, 0.5) is 13.2 Å². The smallest absolute Gasteiger partial charge is 0.433 e. The summed E-state index contributed by atoms with van der Waals surface area (Å²) in [5, 5.41) is 0. The summed E-state index contributed by atoms with van der Waals surface area (Å²) < 4.78 is 42.0. The predicted octanol–water partition coefficient (Wildman–Crippen LogP) is 3.23. The molecule has 1 heterocycles. The zero-order valence-electron chi connectivity index (χ0n) is 8.72. The monoisotopic (exact) mass is 219 g/mol. The lowest BCUT2D eigenvalue weighted by atomic mass is 10.0. The number of rotatable bonds is 2. The van der Waals surface area contributed by atoms with E-state index in [1.54, 1.807) is 13.8 Å². The molecule has 1 aromatic rings. The zero-order chi connectivity index (χ0) is 11.6. The van der Waals surface area contributed by atoms with Crippen LogP contribution in [0.2, 0.25) is 0 Å². The lowest BCUT2D eigenvalue weighted by molar-refractivity contribution is -0.141. The van der Waals surface area contributed by atoms with E-state index >= 15 is 0 Å². The number of methoxy groups -OCH3 is 1. The molecule has 0 aliphatic rings. The van der Waals surface area contributed by atoms with Crippen LogP contribution >= 0.6 is 0 Å². The van der Waals surface area contributed by atoms with Gasteiger partial charge in [-0.1, -0.05) is 13.8 Å². The first-order valence-corrected chi connectivity index (χ1v) is 4.47. The highest BCUT2D eigenvalue weighted by Gasteiger charge is 2.33. The molecule has 0 radical (unpaired) electrons. The van der Waals surface area contributed by atoms with Crippen molar-refractivity contribution in [3.63, 3.8) is 0 Å². The maximum absolute atomic E-state index is 12.4. The number of aromatic nitrogens is 1. The number of halogens is 3. The molecular formula is C10H12F3NO. The Labute approximate surface area is 86.1 Å². The summed E-state index contributed by atoms with van der Waals surface area (Å²) in [5.41, 5.74) is -0.369. The molecule has 0 amide bonds. The van der Waals surface area contributed by atoms with Gasteiger partial charge in [-0.05, 0) is 12.0 Å². The van der Waals surface area contributed by atoms with Gasteiger partial charge in [0.15, 0.2) is 0 Å². The average Bonchev–Trinajstić information content (AvgIpc) is 2.15. The molecule has 5 heteroatoms. The van der Waals surface area contributed by atoms with Crippen LogP contribution in [0.15, 0.2) is 12.3 Å². The van der Waals surface area contributed by atoms with Crippen LogP contribution in [0.3, 0.4) is 0 Å². The Morgan fingerprint density at radius 3 is 2.33 bits per heavy atom. The third kappa shape index (κ3) is 2.61. The van der Waals surface area contributed by atoms with Crippen LogP contribution in [-0.4, -0.2) is 12.1 Å². The molecule has 84 valence electrons. The summed E-state index contributed by atoms with van der Waals surface area (Å²) in [7, 11) is 1.41. The van der Waals surface area contributed by atoms with E-state index in [0.717, 1.165) is 12.3 Å². The SMILES string of the molecule is COc1cnc(C(F)(F)F)cc1C(C)C. The summed E-state index contributed by atoms with van der Waals surface area (Å²) in [5.74, 6) is 0.349. The lowest BCUT2D eigenvalue weighted by Crippen LogP contribution is -2.09. The molecule has 0 atom stereocenters. The molecule has 0 N–H and O–H groups in total. The first kappa shape index (κ1) is 11.8. The van der Waals surface area contributed by atoms with Crippen LogP contribution in [-0.2, 0) is 6.18 Å². The fourth-order valence-corrected chi connectivity index (χ4v) is 1.24. The van der Waals surface area contributed by atoms with Gasteiger partial charge in [0.25, 0.3) is 0 Å². The zero-order valence-corrected chi connectivity index (χ0v) is 8.72. The predicted molar refractivity (Wildman–Crippen MR) is 49.9 cm³/mol. The van der Waals surface area contributed by atoms with Gasteiger partial charge in [0.1, 0.15) is 11.4 Å². The van der Waals surface area contributed by atoms with Gasteiger partial charge in [0, 0.05) is 5.56 Å². The molecule has 0 fully saturated rings. The van der Waals surface area contributed by atoms with Gasteiger partial charge in [0.2, 0.25) is 0 Å². The Bertz CT molecular complexity index is 347. The fraction of sp³-hybridized carbons (Fsp3) is 0.500. The lowest BCUT2D eigenvalue weighted by Gasteiger charge is -2.13. The average molecular weight is 219 g/mol.